The van der Waals surface area contributed by atoms with Crippen LogP contribution in [0.1, 0.15) is 34.8 Å². The quantitative estimate of drug-likeness (QED) is 0.171. The number of hydrogen-bond donors (Lipinski definition) is 1. The van der Waals surface area contributed by atoms with Gasteiger partial charge in [-0.15, -0.1) is 0 Å². The van der Waals surface area contributed by atoms with Crippen LogP contribution in [0, 0.1) is 0 Å². The summed E-state index contributed by atoms with van der Waals surface area (Å²) in [5, 5.41) is 12.8. The molecule has 3 aromatic carbocycles. The van der Waals surface area contributed by atoms with E-state index in [1.54, 1.807) is 19.0 Å². The minimum absolute atomic E-state index is 0.0642. The fraction of sp³-hybridized carbons (Fsp3) is 0.310. The van der Waals surface area contributed by atoms with Crippen molar-refractivity contribution in [2.24, 2.45) is 10.1 Å². The summed E-state index contributed by atoms with van der Waals surface area (Å²) in [6, 6.07) is 24.6. The molecule has 1 amide bonds. The molecule has 196 valence electrons. The Morgan fingerprint density at radius 3 is 2.50 bits per heavy atom. The molecule has 0 aromatic heterocycles. The SMILES string of the molecule is CN(C)C(=O)[C@@]1(Cc2ccccc2)N=C(c2ccc(OCCCO)cc2)O[C@H]1c1ccccc1CN=[N+]=[N-]. The zero-order valence-corrected chi connectivity index (χ0v) is 21.5. The maximum absolute atomic E-state index is 14.0. The number of aliphatic imine (C=N–C) groups is 1. The van der Waals surface area contributed by atoms with Crippen LogP contribution < -0.4 is 4.74 Å². The van der Waals surface area contributed by atoms with Gasteiger partial charge >= 0.3 is 0 Å². The molecule has 4 rings (SSSR count). The average Bonchev–Trinajstić information content (AvgIpc) is 3.32. The van der Waals surface area contributed by atoms with Gasteiger partial charge in [0.15, 0.2) is 11.6 Å². The zero-order chi connectivity index (χ0) is 27.0. The Bertz CT molecular complexity index is 1320. The number of ether oxygens (including phenoxy) is 2. The van der Waals surface area contributed by atoms with Crippen molar-refractivity contribution in [3.63, 3.8) is 0 Å². The second-order valence-electron chi connectivity index (χ2n) is 9.24. The van der Waals surface area contributed by atoms with E-state index in [1.165, 1.54) is 0 Å². The van der Waals surface area contributed by atoms with Crippen LogP contribution in [0.5, 0.6) is 5.75 Å². The summed E-state index contributed by atoms with van der Waals surface area (Å²) in [7, 11) is 3.42. The normalized spacial score (nSPS) is 18.2. The first-order chi connectivity index (χ1) is 18.5. The van der Waals surface area contributed by atoms with Gasteiger partial charge in [-0.3, -0.25) is 4.79 Å². The third-order valence-electron chi connectivity index (χ3n) is 6.37. The van der Waals surface area contributed by atoms with Crippen molar-refractivity contribution in [3.8, 4) is 5.75 Å². The Labute approximate surface area is 222 Å². The summed E-state index contributed by atoms with van der Waals surface area (Å²) in [6.45, 7) is 0.600. The van der Waals surface area contributed by atoms with Gasteiger partial charge in [0.05, 0.1) is 13.2 Å². The smallest absolute Gasteiger partial charge is 0.254 e. The van der Waals surface area contributed by atoms with Gasteiger partial charge in [-0.05, 0) is 46.5 Å². The van der Waals surface area contributed by atoms with Crippen LogP contribution in [0.15, 0.2) is 89.0 Å². The molecular weight excluding hydrogens is 482 g/mol. The lowest BCUT2D eigenvalue weighted by molar-refractivity contribution is -0.137. The highest BCUT2D eigenvalue weighted by Gasteiger charge is 2.54. The second kappa shape index (κ2) is 12.3. The molecule has 1 N–H and O–H groups in total. The number of carbonyl (C=O) groups excluding carboxylic acids is 1. The number of aliphatic hydroxyl groups is 1. The van der Waals surface area contributed by atoms with Crippen molar-refractivity contribution < 1.29 is 19.4 Å². The predicted molar refractivity (Wildman–Crippen MR) is 145 cm³/mol. The van der Waals surface area contributed by atoms with E-state index >= 15 is 0 Å². The fourth-order valence-electron chi connectivity index (χ4n) is 4.58. The van der Waals surface area contributed by atoms with E-state index in [4.69, 9.17) is 25.1 Å². The second-order valence-corrected chi connectivity index (χ2v) is 9.24. The van der Waals surface area contributed by atoms with Gasteiger partial charge in [0.1, 0.15) is 5.75 Å². The largest absolute Gasteiger partial charge is 0.494 e. The number of amides is 1. The molecular formula is C29H31N5O4. The zero-order valence-electron chi connectivity index (χ0n) is 21.5. The molecule has 0 saturated heterocycles. The number of carbonyl (C=O) groups is 1. The van der Waals surface area contributed by atoms with Crippen LogP contribution in [-0.2, 0) is 22.5 Å². The van der Waals surface area contributed by atoms with Crippen LogP contribution in [0.4, 0.5) is 0 Å². The molecule has 9 heteroatoms. The molecule has 0 spiro atoms. The third-order valence-corrected chi connectivity index (χ3v) is 6.37. The van der Waals surface area contributed by atoms with Crippen LogP contribution in [0.2, 0.25) is 0 Å². The number of hydrogen-bond acceptors (Lipinski definition) is 6. The molecule has 9 nitrogen and oxygen atoms in total. The van der Waals surface area contributed by atoms with E-state index in [1.807, 2.05) is 78.9 Å². The molecule has 0 radical (unpaired) electrons. The van der Waals surface area contributed by atoms with E-state index in [9.17, 15) is 4.79 Å². The van der Waals surface area contributed by atoms with E-state index in [2.05, 4.69) is 10.0 Å². The van der Waals surface area contributed by atoms with E-state index < -0.39 is 11.6 Å². The first-order valence-corrected chi connectivity index (χ1v) is 12.4. The molecule has 1 aliphatic heterocycles. The Hall–Kier alpha value is -4.33. The average molecular weight is 514 g/mol. The number of benzene rings is 3. The molecule has 2 atom stereocenters. The van der Waals surface area contributed by atoms with Gasteiger partial charge in [-0.25, -0.2) is 4.99 Å². The number of likely N-dealkylation sites (N-methyl/N-ethyl adjacent to an activating group) is 1. The summed E-state index contributed by atoms with van der Waals surface area (Å²) in [5.41, 5.74) is 10.8. The van der Waals surface area contributed by atoms with Gasteiger partial charge in [-0.1, -0.05) is 59.7 Å². The van der Waals surface area contributed by atoms with E-state index in [0.29, 0.717) is 36.7 Å². The lowest BCUT2D eigenvalue weighted by Gasteiger charge is -2.33. The molecule has 1 heterocycles. The molecule has 38 heavy (non-hydrogen) atoms. The highest BCUT2D eigenvalue weighted by atomic mass is 16.5. The summed E-state index contributed by atoms with van der Waals surface area (Å²) < 4.78 is 12.2. The Morgan fingerprint density at radius 1 is 1.11 bits per heavy atom. The number of rotatable bonds is 11. The van der Waals surface area contributed by atoms with E-state index in [-0.39, 0.29) is 19.1 Å². The minimum atomic E-state index is -1.29. The molecule has 0 unspecified atom stereocenters. The lowest BCUT2D eigenvalue weighted by atomic mass is 9.80. The third kappa shape index (κ3) is 5.80. The molecule has 3 aromatic rings. The van der Waals surface area contributed by atoms with Crippen molar-refractivity contribution >= 4 is 11.8 Å². The standard InChI is InChI=1S/C29H31N5O4/c1-34(2)28(36)29(19-21-9-4-3-5-10-21)26(25-12-7-6-11-23(25)20-31-33-30)38-27(32-29)22-13-15-24(16-14-22)37-18-8-17-35/h3-7,9-16,26,35H,8,17-20H2,1-2H3/t26-,29-/m0/s1. The van der Waals surface area contributed by atoms with Crippen LogP contribution in [-0.4, -0.2) is 54.7 Å². The summed E-state index contributed by atoms with van der Waals surface area (Å²) in [4.78, 5) is 23.5. The maximum Gasteiger partial charge on any atom is 0.254 e. The Kier molecular flexibility index (Phi) is 8.63. The molecule has 0 saturated carbocycles. The predicted octanol–water partition coefficient (Wildman–Crippen LogP) is 4.85. The van der Waals surface area contributed by atoms with Gasteiger partial charge in [0, 0.05) is 44.0 Å². The lowest BCUT2D eigenvalue weighted by Crippen LogP contribution is -2.49. The molecule has 0 fully saturated rings. The van der Waals surface area contributed by atoms with Crippen LogP contribution >= 0.6 is 0 Å². The highest BCUT2D eigenvalue weighted by molar-refractivity contribution is 6.01. The van der Waals surface area contributed by atoms with Crippen molar-refractivity contribution in [2.75, 3.05) is 27.3 Å². The maximum atomic E-state index is 14.0. The first-order valence-electron chi connectivity index (χ1n) is 12.4. The van der Waals surface area contributed by atoms with Gasteiger partial charge < -0.3 is 19.5 Å². The Balaban J connectivity index is 1.82. The molecule has 0 bridgehead atoms. The van der Waals surface area contributed by atoms with Crippen LogP contribution in [0.3, 0.4) is 0 Å². The van der Waals surface area contributed by atoms with Crippen molar-refractivity contribution in [1.29, 1.82) is 0 Å². The number of azide groups is 1. The van der Waals surface area contributed by atoms with Gasteiger partial charge in [0.25, 0.3) is 5.91 Å². The molecule has 1 aliphatic rings. The summed E-state index contributed by atoms with van der Waals surface area (Å²) in [6.07, 6.45) is 0.110. The Morgan fingerprint density at radius 2 is 1.82 bits per heavy atom. The number of nitrogens with zero attached hydrogens (tertiary/aromatic N) is 5. The topological polar surface area (TPSA) is 120 Å². The number of aliphatic hydroxyl groups excluding tert-OH is 1. The minimum Gasteiger partial charge on any atom is -0.494 e. The highest BCUT2D eigenvalue weighted by Crippen LogP contribution is 2.44. The molecule has 0 aliphatic carbocycles. The van der Waals surface area contributed by atoms with E-state index in [0.717, 1.165) is 16.7 Å². The van der Waals surface area contributed by atoms with Crippen molar-refractivity contribution in [1.82, 2.24) is 4.90 Å². The van der Waals surface area contributed by atoms with Gasteiger partial charge in [-0.2, -0.15) is 0 Å². The first kappa shape index (κ1) is 26.7. The van der Waals surface area contributed by atoms with Crippen molar-refractivity contribution in [2.45, 2.75) is 31.0 Å². The van der Waals surface area contributed by atoms with Gasteiger partial charge in [0.2, 0.25) is 5.90 Å². The summed E-state index contributed by atoms with van der Waals surface area (Å²) >= 11 is 0. The van der Waals surface area contributed by atoms with Crippen molar-refractivity contribution in [3.05, 3.63) is 112 Å². The monoisotopic (exact) mass is 513 g/mol. The fourth-order valence-corrected chi connectivity index (χ4v) is 4.58. The van der Waals surface area contributed by atoms with Crippen LogP contribution in [0.25, 0.3) is 10.4 Å². The summed E-state index contributed by atoms with van der Waals surface area (Å²) in [5.74, 6) is 0.822.